The summed E-state index contributed by atoms with van der Waals surface area (Å²) in [6, 6.07) is 0. The molecule has 0 aliphatic heterocycles. The second-order valence-corrected chi connectivity index (χ2v) is 1.99. The van der Waals surface area contributed by atoms with Crippen LogP contribution in [-0.4, -0.2) is 57.1 Å². The van der Waals surface area contributed by atoms with Crippen LogP contribution in [0.1, 0.15) is 0 Å². The van der Waals surface area contributed by atoms with Gasteiger partial charge in [0.15, 0.2) is 0 Å². The first kappa shape index (κ1) is 9.80. The van der Waals surface area contributed by atoms with E-state index in [-0.39, 0.29) is 0 Å². The van der Waals surface area contributed by atoms with E-state index in [9.17, 15) is 0 Å². The second kappa shape index (κ2) is 4.59. The van der Waals surface area contributed by atoms with E-state index in [1.807, 2.05) is 0 Å². The van der Waals surface area contributed by atoms with Gasteiger partial charge in [0.25, 0.3) is 0 Å². The predicted molar refractivity (Wildman–Crippen MR) is 32.2 cm³/mol. The van der Waals surface area contributed by atoms with Gasteiger partial charge in [-0.25, -0.2) is 0 Å². The Morgan fingerprint density at radius 1 is 0.800 bits per heavy atom. The lowest BCUT2D eigenvalue weighted by atomic mass is 10.1. The van der Waals surface area contributed by atoms with Crippen LogP contribution in [0.5, 0.6) is 0 Å². The van der Waals surface area contributed by atoms with E-state index in [0.717, 1.165) is 0 Å². The van der Waals surface area contributed by atoms with Gasteiger partial charge in [0, 0.05) is 0 Å². The van der Waals surface area contributed by atoms with Gasteiger partial charge >= 0.3 is 0 Å². The molecule has 0 aromatic heterocycles. The van der Waals surface area contributed by atoms with Crippen LogP contribution in [0.15, 0.2) is 0 Å². The zero-order chi connectivity index (χ0) is 8.15. The molecule has 5 N–H and O–H groups in total. The Bertz CT molecular complexity index is 76.1. The molecule has 2 unspecified atom stereocenters. The van der Waals surface area contributed by atoms with E-state index < -0.39 is 31.5 Å². The average molecular weight is 152 g/mol. The molecule has 5 heteroatoms. The molecule has 3 atom stereocenters. The van der Waals surface area contributed by atoms with Crippen molar-refractivity contribution in [3.63, 3.8) is 0 Å². The number of aliphatic hydroxyl groups excluding tert-OH is 5. The highest BCUT2D eigenvalue weighted by Gasteiger charge is 2.22. The molecule has 0 rings (SSSR count). The van der Waals surface area contributed by atoms with E-state index in [1.54, 1.807) is 0 Å². The number of hydrogen-bond donors (Lipinski definition) is 5. The van der Waals surface area contributed by atoms with Crippen LogP contribution in [0.25, 0.3) is 0 Å². The fourth-order valence-electron chi connectivity index (χ4n) is 0.472. The molecule has 0 bridgehead atoms. The fraction of sp³-hybridized carbons (Fsp3) is 1.00. The van der Waals surface area contributed by atoms with Crippen molar-refractivity contribution in [1.29, 1.82) is 0 Å². The molecule has 5 nitrogen and oxygen atoms in total. The maximum absolute atomic E-state index is 8.77. The summed E-state index contributed by atoms with van der Waals surface area (Å²) >= 11 is 0. The molecule has 0 heterocycles. The molecule has 62 valence electrons. The average Bonchev–Trinajstić information content (AvgIpc) is 2.00. The summed E-state index contributed by atoms with van der Waals surface area (Å²) in [5.74, 6) is 0. The molecule has 0 amide bonds. The van der Waals surface area contributed by atoms with Gasteiger partial charge in [-0.05, 0) is 0 Å². The fourth-order valence-corrected chi connectivity index (χ4v) is 0.472. The molecule has 10 heavy (non-hydrogen) atoms. The monoisotopic (exact) mass is 152 g/mol. The summed E-state index contributed by atoms with van der Waals surface area (Å²) < 4.78 is 0. The summed E-state index contributed by atoms with van der Waals surface area (Å²) in [6.45, 7) is -1.28. The molecule has 0 radical (unpaired) electrons. The smallest absolute Gasteiger partial charge is 0.110 e. The van der Waals surface area contributed by atoms with Gasteiger partial charge in [-0.15, -0.1) is 0 Å². The summed E-state index contributed by atoms with van der Waals surface area (Å²) in [6.07, 6.45) is -4.29. The molecule has 0 saturated heterocycles. The van der Waals surface area contributed by atoms with Crippen molar-refractivity contribution in [3.8, 4) is 0 Å². The Morgan fingerprint density at radius 3 is 1.30 bits per heavy atom. The van der Waals surface area contributed by atoms with E-state index in [4.69, 9.17) is 25.5 Å². The van der Waals surface area contributed by atoms with Gasteiger partial charge in [0.1, 0.15) is 18.3 Å². The van der Waals surface area contributed by atoms with E-state index in [0.29, 0.717) is 0 Å². The van der Waals surface area contributed by atoms with Gasteiger partial charge in [-0.3, -0.25) is 0 Å². The minimum atomic E-state index is -1.49. The minimum absolute atomic E-state index is 0.641. The highest BCUT2D eigenvalue weighted by Crippen LogP contribution is 1.97. The molecule has 0 aliphatic rings. The highest BCUT2D eigenvalue weighted by molar-refractivity contribution is 4.73. The standard InChI is InChI=1S/C5H12O5/c6-1-3(8)5(10)4(9)2-7/h3-10H,1-2H2/t3-,4?,5?/m1/s1. The number of rotatable bonds is 4. The van der Waals surface area contributed by atoms with Crippen LogP contribution in [0.3, 0.4) is 0 Å². The molecule has 0 aromatic carbocycles. The first-order valence-corrected chi connectivity index (χ1v) is 2.89. The summed E-state index contributed by atoms with van der Waals surface area (Å²) in [5, 5.41) is 42.6. The normalized spacial score (nSPS) is 20.1. The van der Waals surface area contributed by atoms with Crippen LogP contribution in [-0.2, 0) is 0 Å². The summed E-state index contributed by atoms with van der Waals surface area (Å²) in [5.41, 5.74) is 0. The molecule has 0 saturated carbocycles. The molecular weight excluding hydrogens is 140 g/mol. The zero-order valence-electron chi connectivity index (χ0n) is 5.38. The Hall–Kier alpha value is -0.200. The van der Waals surface area contributed by atoms with Crippen molar-refractivity contribution >= 4 is 0 Å². The van der Waals surface area contributed by atoms with Crippen molar-refractivity contribution in [2.75, 3.05) is 13.2 Å². The molecule has 0 fully saturated rings. The van der Waals surface area contributed by atoms with E-state index in [2.05, 4.69) is 0 Å². The number of hydrogen-bond acceptors (Lipinski definition) is 5. The third-order valence-electron chi connectivity index (χ3n) is 1.16. The lowest BCUT2D eigenvalue weighted by Crippen LogP contribution is -2.41. The maximum Gasteiger partial charge on any atom is 0.110 e. The van der Waals surface area contributed by atoms with Gasteiger partial charge in [-0.1, -0.05) is 0 Å². The molecular formula is C5H12O5. The second-order valence-electron chi connectivity index (χ2n) is 1.99. The lowest BCUT2D eigenvalue weighted by Gasteiger charge is -2.19. The van der Waals surface area contributed by atoms with Gasteiger partial charge < -0.3 is 25.5 Å². The Kier molecular flexibility index (Phi) is 4.50. The highest BCUT2D eigenvalue weighted by atomic mass is 16.4. The topological polar surface area (TPSA) is 101 Å². The van der Waals surface area contributed by atoms with Gasteiger partial charge in [-0.2, -0.15) is 0 Å². The minimum Gasteiger partial charge on any atom is -0.394 e. The Labute approximate surface area is 58.2 Å². The molecule has 0 aliphatic carbocycles. The number of aliphatic hydroxyl groups is 5. The SMILES string of the molecule is OCC(O)C(O)[C@H](O)CO. The van der Waals surface area contributed by atoms with Crippen LogP contribution >= 0.6 is 0 Å². The molecule has 0 aromatic rings. The van der Waals surface area contributed by atoms with E-state index in [1.165, 1.54) is 0 Å². The van der Waals surface area contributed by atoms with E-state index >= 15 is 0 Å². The predicted octanol–water partition coefficient (Wildman–Crippen LogP) is -2.95. The van der Waals surface area contributed by atoms with Gasteiger partial charge in [0.05, 0.1) is 13.2 Å². The van der Waals surface area contributed by atoms with Crippen molar-refractivity contribution in [3.05, 3.63) is 0 Å². The summed E-state index contributed by atoms with van der Waals surface area (Å²) in [4.78, 5) is 0. The van der Waals surface area contributed by atoms with Crippen LogP contribution in [0.4, 0.5) is 0 Å². The zero-order valence-corrected chi connectivity index (χ0v) is 5.38. The van der Waals surface area contributed by atoms with Crippen molar-refractivity contribution in [2.24, 2.45) is 0 Å². The Morgan fingerprint density at radius 2 is 1.10 bits per heavy atom. The molecule has 0 spiro atoms. The van der Waals surface area contributed by atoms with Gasteiger partial charge in [0.2, 0.25) is 0 Å². The maximum atomic E-state index is 8.77. The quantitative estimate of drug-likeness (QED) is 0.296. The first-order chi connectivity index (χ1) is 4.63. The van der Waals surface area contributed by atoms with Crippen molar-refractivity contribution in [2.45, 2.75) is 18.3 Å². The summed E-state index contributed by atoms with van der Waals surface area (Å²) in [7, 11) is 0. The third-order valence-corrected chi connectivity index (χ3v) is 1.16. The first-order valence-electron chi connectivity index (χ1n) is 2.89. The lowest BCUT2D eigenvalue weighted by molar-refractivity contribution is -0.0900. The third kappa shape index (κ3) is 2.59. The van der Waals surface area contributed by atoms with Crippen LogP contribution < -0.4 is 0 Å². The van der Waals surface area contributed by atoms with Crippen molar-refractivity contribution < 1.29 is 25.5 Å². The largest absolute Gasteiger partial charge is 0.394 e. The van der Waals surface area contributed by atoms with Crippen LogP contribution in [0.2, 0.25) is 0 Å². The van der Waals surface area contributed by atoms with Crippen molar-refractivity contribution in [1.82, 2.24) is 0 Å². The Balaban J connectivity index is 3.69. The van der Waals surface area contributed by atoms with Crippen LogP contribution in [0, 0.1) is 0 Å².